The van der Waals surface area contributed by atoms with Crippen molar-refractivity contribution in [1.82, 2.24) is 5.32 Å². The van der Waals surface area contributed by atoms with Gasteiger partial charge in [-0.3, -0.25) is 4.99 Å². The molecule has 0 aromatic heterocycles. The number of aliphatic imine (C=N–C) groups is 1. The molecule has 0 amide bonds. The van der Waals surface area contributed by atoms with E-state index in [9.17, 15) is 9.50 Å². The fourth-order valence-electron chi connectivity index (χ4n) is 3.64. The first-order valence-corrected chi connectivity index (χ1v) is 9.57. The second-order valence-corrected chi connectivity index (χ2v) is 7.09. The van der Waals surface area contributed by atoms with Gasteiger partial charge in [0.15, 0.2) is 5.60 Å². The van der Waals surface area contributed by atoms with Crippen molar-refractivity contribution in [3.8, 4) is 0 Å². The van der Waals surface area contributed by atoms with E-state index in [2.05, 4.69) is 10.3 Å². The smallest absolute Gasteiger partial charge is 0.172 e. The van der Waals surface area contributed by atoms with Gasteiger partial charge in [-0.25, -0.2) is 4.39 Å². The van der Waals surface area contributed by atoms with Crippen LogP contribution in [0.5, 0.6) is 0 Å². The van der Waals surface area contributed by atoms with Crippen molar-refractivity contribution in [2.75, 3.05) is 13.1 Å². The molecule has 3 aromatic carbocycles. The molecule has 2 N–H and O–H groups in total. The van der Waals surface area contributed by atoms with Crippen molar-refractivity contribution in [1.29, 1.82) is 0 Å². The van der Waals surface area contributed by atoms with Gasteiger partial charge >= 0.3 is 0 Å². The van der Waals surface area contributed by atoms with Crippen molar-refractivity contribution >= 4 is 5.84 Å². The molecule has 4 heteroatoms. The molecule has 1 atom stereocenters. The Bertz CT molecular complexity index is 969. The third-order valence-electron chi connectivity index (χ3n) is 5.10. The Hall–Kier alpha value is -2.98. The predicted molar refractivity (Wildman–Crippen MR) is 110 cm³/mol. The van der Waals surface area contributed by atoms with Crippen LogP contribution in [0.25, 0.3) is 0 Å². The zero-order valence-electron chi connectivity index (χ0n) is 15.6. The van der Waals surface area contributed by atoms with Crippen LogP contribution in [-0.4, -0.2) is 24.0 Å². The summed E-state index contributed by atoms with van der Waals surface area (Å²) < 4.78 is 13.2. The van der Waals surface area contributed by atoms with E-state index in [1.165, 1.54) is 12.1 Å². The largest absolute Gasteiger partial charge is 0.373 e. The van der Waals surface area contributed by atoms with Crippen LogP contribution in [-0.2, 0) is 12.0 Å². The van der Waals surface area contributed by atoms with Crippen molar-refractivity contribution in [3.05, 3.63) is 107 Å². The van der Waals surface area contributed by atoms with Crippen LogP contribution in [0.1, 0.15) is 28.7 Å². The molecule has 3 nitrogen and oxygen atoms in total. The third kappa shape index (κ3) is 3.69. The summed E-state index contributed by atoms with van der Waals surface area (Å²) in [5.41, 5.74) is 2.29. The molecule has 3 aromatic rings. The highest BCUT2D eigenvalue weighted by atomic mass is 19.1. The lowest BCUT2D eigenvalue weighted by Crippen LogP contribution is -2.47. The number of rotatable bonds is 5. The van der Waals surface area contributed by atoms with Crippen molar-refractivity contribution in [2.24, 2.45) is 4.99 Å². The van der Waals surface area contributed by atoms with E-state index in [1.54, 1.807) is 12.1 Å². The lowest BCUT2D eigenvalue weighted by molar-refractivity contribution is 0.150. The summed E-state index contributed by atoms with van der Waals surface area (Å²) >= 11 is 0. The first-order valence-electron chi connectivity index (χ1n) is 9.57. The number of halogens is 1. The van der Waals surface area contributed by atoms with Gasteiger partial charge in [0.05, 0.1) is 0 Å². The molecule has 0 fully saturated rings. The molecule has 142 valence electrons. The molecule has 0 radical (unpaired) electrons. The zero-order chi connectivity index (χ0) is 19.4. The Balaban J connectivity index is 1.74. The van der Waals surface area contributed by atoms with Gasteiger partial charge in [0.1, 0.15) is 11.7 Å². The molecule has 0 bridgehead atoms. The number of aliphatic hydroxyl groups is 1. The van der Waals surface area contributed by atoms with E-state index in [-0.39, 0.29) is 5.82 Å². The fraction of sp³-hybridized carbons (Fsp3) is 0.208. The summed E-state index contributed by atoms with van der Waals surface area (Å²) in [6, 6.07) is 24.1. The van der Waals surface area contributed by atoms with Gasteiger partial charge in [0.25, 0.3) is 0 Å². The van der Waals surface area contributed by atoms with Crippen molar-refractivity contribution in [2.45, 2.75) is 18.4 Å². The van der Waals surface area contributed by atoms with Crippen LogP contribution >= 0.6 is 0 Å². The molecular formula is C24H23FN2O. The maximum Gasteiger partial charge on any atom is 0.172 e. The van der Waals surface area contributed by atoms with Crippen LogP contribution < -0.4 is 5.32 Å². The highest BCUT2D eigenvalue weighted by Crippen LogP contribution is 2.32. The molecule has 1 heterocycles. The van der Waals surface area contributed by atoms with Crippen LogP contribution in [0.3, 0.4) is 0 Å². The third-order valence-corrected chi connectivity index (χ3v) is 5.10. The monoisotopic (exact) mass is 374 g/mol. The minimum absolute atomic E-state index is 0.239. The Kier molecular flexibility index (Phi) is 5.22. The van der Waals surface area contributed by atoms with Gasteiger partial charge in [-0.2, -0.15) is 0 Å². The van der Waals surface area contributed by atoms with Gasteiger partial charge in [0.2, 0.25) is 0 Å². The number of hydrogen-bond acceptors (Lipinski definition) is 3. The second-order valence-electron chi connectivity index (χ2n) is 7.09. The minimum atomic E-state index is -1.33. The average Bonchev–Trinajstić information content (AvgIpc) is 2.76. The summed E-state index contributed by atoms with van der Waals surface area (Å²) in [6.07, 6.45) is 1.62. The van der Waals surface area contributed by atoms with Gasteiger partial charge < -0.3 is 10.4 Å². The molecule has 0 saturated carbocycles. The SMILES string of the molecule is OC(C1=NCCCN1)(c1ccccc1)c1cccc(Cc2ccc(F)cc2)c1. The Morgan fingerprint density at radius 2 is 1.64 bits per heavy atom. The molecule has 28 heavy (non-hydrogen) atoms. The lowest BCUT2D eigenvalue weighted by Gasteiger charge is -2.33. The molecule has 1 aliphatic heterocycles. The number of nitrogens with zero attached hydrogens (tertiary/aromatic N) is 1. The Morgan fingerprint density at radius 1 is 0.893 bits per heavy atom. The van der Waals surface area contributed by atoms with E-state index < -0.39 is 5.60 Å². The fourth-order valence-corrected chi connectivity index (χ4v) is 3.64. The topological polar surface area (TPSA) is 44.6 Å². The predicted octanol–water partition coefficient (Wildman–Crippen LogP) is 4.04. The summed E-state index contributed by atoms with van der Waals surface area (Å²) in [4.78, 5) is 4.59. The molecule has 0 saturated heterocycles. The molecule has 0 spiro atoms. The Morgan fingerprint density at radius 3 is 2.36 bits per heavy atom. The van der Waals surface area contributed by atoms with E-state index in [1.807, 2.05) is 54.6 Å². The number of hydrogen-bond donors (Lipinski definition) is 2. The Labute approximate surface area is 164 Å². The second kappa shape index (κ2) is 7.95. The number of nitrogens with one attached hydrogen (secondary N) is 1. The normalized spacial score (nSPS) is 16.0. The van der Waals surface area contributed by atoms with Gasteiger partial charge in [0, 0.05) is 13.1 Å². The molecule has 1 aliphatic rings. The van der Waals surface area contributed by atoms with E-state index in [0.29, 0.717) is 18.8 Å². The minimum Gasteiger partial charge on any atom is -0.373 e. The van der Waals surface area contributed by atoms with Gasteiger partial charge in [-0.1, -0.05) is 66.7 Å². The van der Waals surface area contributed by atoms with Crippen LogP contribution in [0, 0.1) is 5.82 Å². The first kappa shape index (κ1) is 18.4. The maximum atomic E-state index is 13.2. The summed E-state index contributed by atoms with van der Waals surface area (Å²) in [7, 11) is 0. The van der Waals surface area contributed by atoms with Crippen molar-refractivity contribution in [3.63, 3.8) is 0 Å². The highest BCUT2D eigenvalue weighted by molar-refractivity contribution is 5.95. The molecule has 4 rings (SSSR count). The number of benzene rings is 3. The molecule has 0 aliphatic carbocycles. The summed E-state index contributed by atoms with van der Waals surface area (Å²) in [6.45, 7) is 1.50. The number of amidine groups is 1. The van der Waals surface area contributed by atoms with Gasteiger partial charge in [-0.15, -0.1) is 0 Å². The van der Waals surface area contributed by atoms with E-state index >= 15 is 0 Å². The van der Waals surface area contributed by atoms with Gasteiger partial charge in [-0.05, 0) is 47.2 Å². The molecule has 1 unspecified atom stereocenters. The van der Waals surface area contributed by atoms with E-state index in [4.69, 9.17) is 0 Å². The summed E-state index contributed by atoms with van der Waals surface area (Å²) in [5, 5.41) is 15.2. The van der Waals surface area contributed by atoms with Crippen LogP contribution in [0.2, 0.25) is 0 Å². The maximum absolute atomic E-state index is 13.2. The van der Waals surface area contributed by atoms with Crippen LogP contribution in [0.4, 0.5) is 4.39 Å². The van der Waals surface area contributed by atoms with E-state index in [0.717, 1.165) is 35.2 Å². The molecular weight excluding hydrogens is 351 g/mol. The highest BCUT2D eigenvalue weighted by Gasteiger charge is 2.38. The average molecular weight is 374 g/mol. The van der Waals surface area contributed by atoms with Crippen molar-refractivity contribution < 1.29 is 9.50 Å². The van der Waals surface area contributed by atoms with Crippen LogP contribution in [0.15, 0.2) is 83.9 Å². The quantitative estimate of drug-likeness (QED) is 0.708. The standard InChI is InChI=1S/C24H23FN2O/c25-22-12-10-18(11-13-22)16-19-6-4-9-21(17-19)24(28,20-7-2-1-3-8-20)23-26-14-5-15-27-23/h1-4,6-13,17,28H,5,14-16H2,(H,26,27). The summed E-state index contributed by atoms with van der Waals surface area (Å²) in [5.74, 6) is 0.348. The zero-order valence-corrected chi connectivity index (χ0v) is 15.6. The first-order chi connectivity index (χ1) is 13.7. The lowest BCUT2D eigenvalue weighted by atomic mass is 9.83.